The van der Waals surface area contributed by atoms with Crippen LogP contribution in [0.5, 0.6) is 0 Å². The van der Waals surface area contributed by atoms with Crippen molar-refractivity contribution in [3.63, 3.8) is 0 Å². The van der Waals surface area contributed by atoms with E-state index in [1.54, 1.807) is 0 Å². The average Bonchev–Trinajstić information content (AvgIpc) is 2.23. The number of hydrogen-bond donors (Lipinski definition) is 2. The minimum atomic E-state index is -1.07. The van der Waals surface area contributed by atoms with Crippen molar-refractivity contribution in [2.75, 3.05) is 12.0 Å². The quantitative estimate of drug-likeness (QED) is 0.605. The van der Waals surface area contributed by atoms with Gasteiger partial charge in [0.25, 0.3) is 0 Å². The summed E-state index contributed by atoms with van der Waals surface area (Å²) in [6.07, 6.45) is 4.83. The molecule has 1 amide bonds. The molecular weight excluding hydrogens is 242 g/mol. The van der Waals surface area contributed by atoms with Crippen molar-refractivity contribution in [2.45, 2.75) is 45.1 Å². The maximum absolute atomic E-state index is 11.4. The van der Waals surface area contributed by atoms with E-state index in [1.165, 1.54) is 6.26 Å². The zero-order chi connectivity index (χ0) is 13.3. The average molecular weight is 263 g/mol. The highest BCUT2D eigenvalue weighted by Crippen LogP contribution is 2.01. The monoisotopic (exact) mass is 263 g/mol. The minimum absolute atomic E-state index is 0.206. The predicted octanol–water partition coefficient (Wildman–Crippen LogP) is 0.905. The highest BCUT2D eigenvalue weighted by Gasteiger charge is 2.19. The van der Waals surface area contributed by atoms with Gasteiger partial charge in [0, 0.05) is 29.2 Å². The summed E-state index contributed by atoms with van der Waals surface area (Å²) in [4.78, 5) is 22.3. The lowest BCUT2D eigenvalue weighted by molar-refractivity contribution is -0.141. The number of carbonyl (C=O) groups is 2. The van der Waals surface area contributed by atoms with Crippen LogP contribution in [0.1, 0.15) is 39.0 Å². The molecule has 0 saturated carbocycles. The first-order chi connectivity index (χ1) is 7.97. The van der Waals surface area contributed by atoms with Crippen molar-refractivity contribution in [2.24, 2.45) is 0 Å². The van der Waals surface area contributed by atoms with Crippen LogP contribution in [0.3, 0.4) is 0 Å². The van der Waals surface area contributed by atoms with Crippen molar-refractivity contribution < 1.29 is 18.9 Å². The first kappa shape index (κ1) is 16.1. The maximum atomic E-state index is 11.4. The van der Waals surface area contributed by atoms with Gasteiger partial charge in [0.1, 0.15) is 6.04 Å². The molecule has 0 aromatic carbocycles. The van der Waals surface area contributed by atoms with Crippen LogP contribution in [-0.4, -0.2) is 39.2 Å². The van der Waals surface area contributed by atoms with Crippen molar-refractivity contribution in [1.29, 1.82) is 0 Å². The molecule has 0 rings (SSSR count). The number of hydrogen-bond acceptors (Lipinski definition) is 3. The molecule has 0 spiro atoms. The molecule has 5 nitrogen and oxygen atoms in total. The summed E-state index contributed by atoms with van der Waals surface area (Å²) in [7, 11) is -1.04. The molecule has 0 aliphatic carbocycles. The van der Waals surface area contributed by atoms with Crippen LogP contribution in [0.15, 0.2) is 0 Å². The molecule has 100 valence electrons. The molecule has 0 aromatic heterocycles. The third kappa shape index (κ3) is 8.85. The minimum Gasteiger partial charge on any atom is -0.480 e. The Morgan fingerprint density at radius 2 is 2.00 bits per heavy atom. The second-order valence-corrected chi connectivity index (χ2v) is 5.54. The molecule has 0 aliphatic heterocycles. The number of unbranched alkanes of at least 4 members (excludes halogenated alkanes) is 2. The Bertz CT molecular complexity index is 281. The van der Waals surface area contributed by atoms with Gasteiger partial charge in [-0.05, 0) is 12.8 Å². The fourth-order valence-electron chi connectivity index (χ4n) is 1.34. The Morgan fingerprint density at radius 1 is 1.35 bits per heavy atom. The Morgan fingerprint density at radius 3 is 2.47 bits per heavy atom. The number of carbonyl (C=O) groups excluding carboxylic acids is 1. The molecule has 0 saturated heterocycles. The topological polar surface area (TPSA) is 83.5 Å². The Hall–Kier alpha value is -0.910. The molecule has 0 aromatic rings. The summed E-state index contributed by atoms with van der Waals surface area (Å²) in [6, 6.07) is -0.923. The zero-order valence-corrected chi connectivity index (χ0v) is 11.2. The van der Waals surface area contributed by atoms with Crippen molar-refractivity contribution in [1.82, 2.24) is 5.32 Å². The highest BCUT2D eigenvalue weighted by molar-refractivity contribution is 7.84. The number of rotatable bonds is 9. The van der Waals surface area contributed by atoms with Gasteiger partial charge in [-0.3, -0.25) is 9.00 Å². The maximum Gasteiger partial charge on any atom is 0.326 e. The van der Waals surface area contributed by atoms with Crippen LogP contribution in [-0.2, 0) is 20.4 Å². The first-order valence-electron chi connectivity index (χ1n) is 5.79. The van der Waals surface area contributed by atoms with Crippen molar-refractivity contribution >= 4 is 22.7 Å². The Balaban J connectivity index is 4.02. The van der Waals surface area contributed by atoms with Crippen LogP contribution in [0.2, 0.25) is 0 Å². The number of carboxylic acid groups (broad SMARTS) is 1. The summed E-state index contributed by atoms with van der Waals surface area (Å²) in [5, 5.41) is 11.4. The van der Waals surface area contributed by atoms with Gasteiger partial charge in [-0.1, -0.05) is 19.8 Å². The summed E-state index contributed by atoms with van der Waals surface area (Å²) in [5.74, 6) is -1.03. The molecule has 0 fully saturated rings. The smallest absolute Gasteiger partial charge is 0.326 e. The Kier molecular flexibility index (Phi) is 8.66. The van der Waals surface area contributed by atoms with E-state index < -0.39 is 22.8 Å². The van der Waals surface area contributed by atoms with Crippen LogP contribution >= 0.6 is 0 Å². The number of amides is 1. The number of carboxylic acids is 1. The van der Waals surface area contributed by atoms with Crippen molar-refractivity contribution in [3.8, 4) is 0 Å². The van der Waals surface area contributed by atoms with Crippen LogP contribution in [0.4, 0.5) is 0 Å². The second-order valence-electron chi connectivity index (χ2n) is 3.98. The normalized spacial score (nSPS) is 14.0. The van der Waals surface area contributed by atoms with E-state index in [0.29, 0.717) is 6.42 Å². The highest BCUT2D eigenvalue weighted by atomic mass is 32.2. The zero-order valence-electron chi connectivity index (χ0n) is 10.4. The molecule has 6 heteroatoms. The second kappa shape index (κ2) is 9.15. The summed E-state index contributed by atoms with van der Waals surface area (Å²) in [5.41, 5.74) is 0. The van der Waals surface area contributed by atoms with Gasteiger partial charge >= 0.3 is 5.97 Å². The van der Waals surface area contributed by atoms with E-state index in [4.69, 9.17) is 5.11 Å². The van der Waals surface area contributed by atoms with Gasteiger partial charge in [-0.15, -0.1) is 0 Å². The van der Waals surface area contributed by atoms with E-state index in [1.807, 2.05) is 6.92 Å². The van der Waals surface area contributed by atoms with Crippen LogP contribution in [0.25, 0.3) is 0 Å². The largest absolute Gasteiger partial charge is 0.480 e. The number of nitrogens with one attached hydrogen (secondary N) is 1. The third-order valence-corrected chi connectivity index (χ3v) is 3.15. The van der Waals surface area contributed by atoms with Gasteiger partial charge in [-0.25, -0.2) is 4.79 Å². The summed E-state index contributed by atoms with van der Waals surface area (Å²) in [6.45, 7) is 2.04. The standard InChI is InChI=1S/C11H21NO4S/c1-3-4-5-6-10(13)12-9(11(14)15)7-8-17(2)16/h9H,3-8H2,1-2H3,(H,12,13)(H,14,15)/t9-,17?/m0/s1. The lowest BCUT2D eigenvalue weighted by Gasteiger charge is -2.13. The molecule has 0 radical (unpaired) electrons. The van der Waals surface area contributed by atoms with E-state index in [0.717, 1.165) is 19.3 Å². The molecule has 1 unspecified atom stereocenters. The van der Waals surface area contributed by atoms with E-state index in [-0.39, 0.29) is 18.1 Å². The first-order valence-corrected chi connectivity index (χ1v) is 7.52. The molecule has 0 aliphatic rings. The molecule has 17 heavy (non-hydrogen) atoms. The van der Waals surface area contributed by atoms with E-state index in [9.17, 15) is 13.8 Å². The van der Waals surface area contributed by atoms with Crippen LogP contribution in [0, 0.1) is 0 Å². The molecular formula is C11H21NO4S. The third-order valence-electron chi connectivity index (χ3n) is 2.33. The molecule has 0 heterocycles. The van der Waals surface area contributed by atoms with Crippen LogP contribution < -0.4 is 5.32 Å². The van der Waals surface area contributed by atoms with Crippen molar-refractivity contribution in [3.05, 3.63) is 0 Å². The van der Waals surface area contributed by atoms with E-state index in [2.05, 4.69) is 5.32 Å². The van der Waals surface area contributed by atoms with Gasteiger partial charge in [0.05, 0.1) is 0 Å². The van der Waals surface area contributed by atoms with Gasteiger partial charge in [0.2, 0.25) is 5.91 Å². The fraction of sp³-hybridized carbons (Fsp3) is 0.818. The summed E-state index contributed by atoms with van der Waals surface area (Å²) >= 11 is 0. The molecule has 0 bridgehead atoms. The summed E-state index contributed by atoms with van der Waals surface area (Å²) < 4.78 is 10.9. The SMILES string of the molecule is CCCCCC(=O)N[C@@H](CCS(C)=O)C(=O)O. The number of aliphatic carboxylic acids is 1. The fourth-order valence-corrected chi connectivity index (χ4v) is 1.91. The van der Waals surface area contributed by atoms with Gasteiger partial charge in [-0.2, -0.15) is 0 Å². The van der Waals surface area contributed by atoms with E-state index >= 15 is 0 Å². The lowest BCUT2D eigenvalue weighted by atomic mass is 10.1. The lowest BCUT2D eigenvalue weighted by Crippen LogP contribution is -2.41. The predicted molar refractivity (Wildman–Crippen MR) is 67.3 cm³/mol. The molecule has 2 atom stereocenters. The van der Waals surface area contributed by atoms with Gasteiger partial charge in [0.15, 0.2) is 0 Å². The molecule has 2 N–H and O–H groups in total. The van der Waals surface area contributed by atoms with Gasteiger partial charge < -0.3 is 10.4 Å². The Labute approximate surface area is 104 Å².